The first-order chi connectivity index (χ1) is 10.7. The number of rotatable bonds is 5. The van der Waals surface area contributed by atoms with Crippen LogP contribution in [0.1, 0.15) is 10.4 Å². The highest BCUT2D eigenvalue weighted by Gasteiger charge is 2.11. The number of hydrogen-bond donors (Lipinski definition) is 1. The lowest BCUT2D eigenvalue weighted by Crippen LogP contribution is -2.12. The molecule has 0 spiro atoms. The largest absolute Gasteiger partial charge is 0.497 e. The summed E-state index contributed by atoms with van der Waals surface area (Å²) in [5, 5.41) is 2.74. The molecule has 0 heterocycles. The van der Waals surface area contributed by atoms with Gasteiger partial charge in [0.05, 0.1) is 25.6 Å². The Hall–Kier alpha value is -3.11. The second-order valence-electron chi connectivity index (χ2n) is 4.27. The fraction of sp³-hybridized carbons (Fsp3) is 0.125. The van der Waals surface area contributed by atoms with Crippen molar-refractivity contribution in [2.75, 3.05) is 19.5 Å². The van der Waals surface area contributed by atoms with Crippen LogP contribution in [-0.2, 0) is 4.79 Å². The van der Waals surface area contributed by atoms with Gasteiger partial charge in [0.2, 0.25) is 6.08 Å². The van der Waals surface area contributed by atoms with Crippen molar-refractivity contribution < 1.29 is 19.1 Å². The second kappa shape index (κ2) is 7.06. The quantitative estimate of drug-likeness (QED) is 0.680. The van der Waals surface area contributed by atoms with Crippen LogP contribution in [0.5, 0.6) is 11.5 Å². The molecule has 0 unspecified atom stereocenters. The van der Waals surface area contributed by atoms with E-state index >= 15 is 0 Å². The maximum Gasteiger partial charge on any atom is 0.255 e. The molecule has 2 aromatic carbocycles. The number of isocyanates is 1. The number of nitrogens with one attached hydrogen (secondary N) is 1. The normalized spacial score (nSPS) is 9.55. The first-order valence-electron chi connectivity index (χ1n) is 6.39. The number of carbonyl (C=O) groups is 1. The Bertz CT molecular complexity index is 737. The van der Waals surface area contributed by atoms with Crippen LogP contribution < -0.4 is 14.8 Å². The van der Waals surface area contributed by atoms with Gasteiger partial charge in [-0.3, -0.25) is 4.79 Å². The van der Waals surface area contributed by atoms with Crippen LogP contribution in [0.3, 0.4) is 0 Å². The summed E-state index contributed by atoms with van der Waals surface area (Å²) in [7, 11) is 3.05. The summed E-state index contributed by atoms with van der Waals surface area (Å²) in [6, 6.07) is 11.4. The van der Waals surface area contributed by atoms with Crippen molar-refractivity contribution in [3.8, 4) is 11.5 Å². The zero-order chi connectivity index (χ0) is 15.9. The molecular weight excluding hydrogens is 284 g/mol. The van der Waals surface area contributed by atoms with E-state index in [9.17, 15) is 9.59 Å². The molecule has 1 amide bonds. The van der Waals surface area contributed by atoms with Gasteiger partial charge >= 0.3 is 0 Å². The molecule has 0 radical (unpaired) electrons. The van der Waals surface area contributed by atoms with Crippen molar-refractivity contribution in [3.63, 3.8) is 0 Å². The van der Waals surface area contributed by atoms with Gasteiger partial charge in [0.15, 0.2) is 0 Å². The average molecular weight is 298 g/mol. The lowest BCUT2D eigenvalue weighted by Gasteiger charge is -2.11. The van der Waals surface area contributed by atoms with Crippen LogP contribution in [0.25, 0.3) is 0 Å². The van der Waals surface area contributed by atoms with E-state index in [1.807, 2.05) is 0 Å². The summed E-state index contributed by atoms with van der Waals surface area (Å²) in [6.07, 6.45) is 1.44. The van der Waals surface area contributed by atoms with Crippen LogP contribution in [0, 0.1) is 0 Å². The topological polar surface area (TPSA) is 77.0 Å². The third-order valence-corrected chi connectivity index (χ3v) is 2.94. The fourth-order valence-corrected chi connectivity index (χ4v) is 1.88. The van der Waals surface area contributed by atoms with Gasteiger partial charge in [-0.15, -0.1) is 0 Å². The van der Waals surface area contributed by atoms with Crippen molar-refractivity contribution in [1.82, 2.24) is 0 Å². The molecule has 0 fully saturated rings. The predicted molar refractivity (Wildman–Crippen MR) is 81.7 cm³/mol. The van der Waals surface area contributed by atoms with Crippen LogP contribution in [-0.4, -0.2) is 26.2 Å². The van der Waals surface area contributed by atoms with E-state index in [2.05, 4.69) is 10.3 Å². The van der Waals surface area contributed by atoms with Crippen molar-refractivity contribution in [1.29, 1.82) is 0 Å². The van der Waals surface area contributed by atoms with Crippen LogP contribution in [0.4, 0.5) is 11.4 Å². The highest BCUT2D eigenvalue weighted by Crippen LogP contribution is 2.29. The Morgan fingerprint density at radius 1 is 1.14 bits per heavy atom. The summed E-state index contributed by atoms with van der Waals surface area (Å²) < 4.78 is 10.3. The number of methoxy groups -OCH3 is 2. The van der Waals surface area contributed by atoms with Gasteiger partial charge in [0, 0.05) is 11.6 Å². The Morgan fingerprint density at radius 2 is 1.95 bits per heavy atom. The van der Waals surface area contributed by atoms with E-state index in [0.29, 0.717) is 28.4 Å². The minimum Gasteiger partial charge on any atom is -0.497 e. The summed E-state index contributed by atoms with van der Waals surface area (Å²) in [5.41, 5.74) is 1.21. The Morgan fingerprint density at radius 3 is 2.64 bits per heavy atom. The van der Waals surface area contributed by atoms with E-state index in [1.165, 1.54) is 26.4 Å². The van der Waals surface area contributed by atoms with Crippen molar-refractivity contribution in [3.05, 3.63) is 48.0 Å². The summed E-state index contributed by atoms with van der Waals surface area (Å²) in [4.78, 5) is 26.1. The van der Waals surface area contributed by atoms with Gasteiger partial charge in [0.25, 0.3) is 5.91 Å². The minimum absolute atomic E-state index is 0.352. The summed E-state index contributed by atoms with van der Waals surface area (Å²) >= 11 is 0. The molecule has 0 aliphatic rings. The van der Waals surface area contributed by atoms with Gasteiger partial charge in [-0.05, 0) is 30.3 Å². The lowest BCUT2D eigenvalue weighted by molar-refractivity contribution is 0.102. The molecular formula is C16H14N2O4. The van der Waals surface area contributed by atoms with E-state index < -0.39 is 0 Å². The van der Waals surface area contributed by atoms with Gasteiger partial charge in [-0.25, -0.2) is 4.79 Å². The molecule has 0 aliphatic carbocycles. The Balaban J connectivity index is 2.28. The van der Waals surface area contributed by atoms with Gasteiger partial charge in [-0.1, -0.05) is 6.07 Å². The number of hydrogen-bond acceptors (Lipinski definition) is 5. The first kappa shape index (κ1) is 15.3. The second-order valence-corrected chi connectivity index (χ2v) is 4.27. The number of ether oxygens (including phenoxy) is 2. The summed E-state index contributed by atoms with van der Waals surface area (Å²) in [5.74, 6) is 0.751. The van der Waals surface area contributed by atoms with Crippen molar-refractivity contribution >= 4 is 23.4 Å². The highest BCUT2D eigenvalue weighted by atomic mass is 16.5. The summed E-state index contributed by atoms with van der Waals surface area (Å²) in [6.45, 7) is 0. The van der Waals surface area contributed by atoms with Gasteiger partial charge in [-0.2, -0.15) is 4.99 Å². The molecule has 2 rings (SSSR count). The number of carbonyl (C=O) groups excluding carboxylic acids is 2. The zero-order valence-corrected chi connectivity index (χ0v) is 12.1. The lowest BCUT2D eigenvalue weighted by atomic mass is 10.2. The van der Waals surface area contributed by atoms with Gasteiger partial charge < -0.3 is 14.8 Å². The van der Waals surface area contributed by atoms with Gasteiger partial charge in [0.1, 0.15) is 11.5 Å². The molecule has 1 N–H and O–H groups in total. The van der Waals surface area contributed by atoms with E-state index in [4.69, 9.17) is 9.47 Å². The highest BCUT2D eigenvalue weighted by molar-refractivity contribution is 6.05. The standard InChI is InChI=1S/C16H14N2O4/c1-21-13-6-7-15(22-2)14(9-13)18-16(20)11-4-3-5-12(8-11)17-10-19/h3-9H,1-2H3,(H,18,20). The van der Waals surface area contributed by atoms with Crippen LogP contribution in [0.2, 0.25) is 0 Å². The molecule has 6 heteroatoms. The third kappa shape index (κ3) is 3.50. The minimum atomic E-state index is -0.352. The van der Waals surface area contributed by atoms with Crippen molar-refractivity contribution in [2.24, 2.45) is 4.99 Å². The van der Waals surface area contributed by atoms with E-state index in [0.717, 1.165) is 0 Å². The molecule has 0 aliphatic heterocycles. The smallest absolute Gasteiger partial charge is 0.255 e. The molecule has 0 atom stereocenters. The predicted octanol–water partition coefficient (Wildman–Crippen LogP) is 2.92. The Labute approximate surface area is 127 Å². The molecule has 112 valence electrons. The number of aliphatic imine (C=N–C) groups is 1. The molecule has 0 saturated carbocycles. The van der Waals surface area contributed by atoms with E-state index in [1.54, 1.807) is 36.4 Å². The van der Waals surface area contributed by atoms with Crippen LogP contribution in [0.15, 0.2) is 47.5 Å². The SMILES string of the molecule is COc1ccc(OC)c(NC(=O)c2cccc(N=C=O)c2)c1. The maximum absolute atomic E-state index is 12.3. The third-order valence-electron chi connectivity index (χ3n) is 2.94. The molecule has 6 nitrogen and oxygen atoms in total. The number of nitrogens with zero attached hydrogens (tertiary/aromatic N) is 1. The van der Waals surface area contributed by atoms with E-state index in [-0.39, 0.29) is 5.91 Å². The molecule has 0 aromatic heterocycles. The fourth-order valence-electron chi connectivity index (χ4n) is 1.88. The zero-order valence-electron chi connectivity index (χ0n) is 12.1. The van der Waals surface area contributed by atoms with Crippen molar-refractivity contribution in [2.45, 2.75) is 0 Å². The molecule has 0 saturated heterocycles. The average Bonchev–Trinajstić information content (AvgIpc) is 2.55. The molecule has 0 bridgehead atoms. The molecule has 22 heavy (non-hydrogen) atoms. The monoisotopic (exact) mass is 298 g/mol. The van der Waals surface area contributed by atoms with Crippen LogP contribution >= 0.6 is 0 Å². The number of amides is 1. The number of benzene rings is 2. The number of anilines is 1. The molecule has 2 aromatic rings. The Kier molecular flexibility index (Phi) is 4.90. The maximum atomic E-state index is 12.3. The first-order valence-corrected chi connectivity index (χ1v) is 6.39.